The van der Waals surface area contributed by atoms with E-state index >= 15 is 0 Å². The lowest BCUT2D eigenvalue weighted by molar-refractivity contribution is 0.0691. The molecule has 1 aliphatic carbocycles. The SMILES string of the molecule is CC(C)C1(CNc2nc(C(=O)O)cs2)CC1. The van der Waals surface area contributed by atoms with Crippen LogP contribution in [0.15, 0.2) is 5.38 Å². The maximum Gasteiger partial charge on any atom is 0.355 e. The first-order valence-electron chi connectivity index (χ1n) is 5.46. The van der Waals surface area contributed by atoms with Crippen molar-refractivity contribution in [1.29, 1.82) is 0 Å². The highest BCUT2D eigenvalue weighted by atomic mass is 32.1. The predicted molar refractivity (Wildman–Crippen MR) is 64.1 cm³/mol. The zero-order chi connectivity index (χ0) is 11.8. The maximum atomic E-state index is 10.7. The van der Waals surface area contributed by atoms with Crippen LogP contribution in [0.2, 0.25) is 0 Å². The van der Waals surface area contributed by atoms with Gasteiger partial charge in [-0.05, 0) is 24.2 Å². The standard InChI is InChI=1S/C11H16N2O2S/c1-7(2)11(3-4-11)6-12-10-13-8(5-16-10)9(14)15/h5,7H,3-4,6H2,1-2H3,(H,12,13)(H,14,15). The summed E-state index contributed by atoms with van der Waals surface area (Å²) in [6, 6.07) is 0. The van der Waals surface area contributed by atoms with E-state index in [2.05, 4.69) is 24.1 Å². The fourth-order valence-electron chi connectivity index (χ4n) is 1.82. The Kier molecular flexibility index (Phi) is 2.88. The topological polar surface area (TPSA) is 62.2 Å². The van der Waals surface area contributed by atoms with E-state index in [4.69, 9.17) is 5.11 Å². The number of nitrogens with zero attached hydrogens (tertiary/aromatic N) is 1. The van der Waals surface area contributed by atoms with Crippen molar-refractivity contribution in [1.82, 2.24) is 4.98 Å². The molecule has 2 N–H and O–H groups in total. The van der Waals surface area contributed by atoms with Crippen molar-refractivity contribution in [3.8, 4) is 0 Å². The van der Waals surface area contributed by atoms with Crippen LogP contribution in [0.5, 0.6) is 0 Å². The number of thiazole rings is 1. The summed E-state index contributed by atoms with van der Waals surface area (Å²) in [6.07, 6.45) is 2.52. The number of aromatic nitrogens is 1. The van der Waals surface area contributed by atoms with Crippen LogP contribution in [0.4, 0.5) is 5.13 Å². The van der Waals surface area contributed by atoms with E-state index in [1.54, 1.807) is 5.38 Å². The molecule has 16 heavy (non-hydrogen) atoms. The monoisotopic (exact) mass is 240 g/mol. The van der Waals surface area contributed by atoms with Crippen LogP contribution < -0.4 is 5.32 Å². The van der Waals surface area contributed by atoms with Crippen molar-refractivity contribution in [2.75, 3.05) is 11.9 Å². The van der Waals surface area contributed by atoms with Crippen molar-refractivity contribution in [3.05, 3.63) is 11.1 Å². The highest BCUT2D eigenvalue weighted by molar-refractivity contribution is 7.13. The summed E-state index contributed by atoms with van der Waals surface area (Å²) in [7, 11) is 0. The molecule has 1 fully saturated rings. The molecular weight excluding hydrogens is 224 g/mol. The molecule has 0 unspecified atom stereocenters. The summed E-state index contributed by atoms with van der Waals surface area (Å²) in [6.45, 7) is 5.37. The van der Waals surface area contributed by atoms with Gasteiger partial charge >= 0.3 is 5.97 Å². The lowest BCUT2D eigenvalue weighted by Crippen LogP contribution is -2.20. The molecule has 88 valence electrons. The fraction of sp³-hybridized carbons (Fsp3) is 0.636. The second-order valence-corrected chi connectivity index (χ2v) is 5.57. The van der Waals surface area contributed by atoms with E-state index in [0.29, 0.717) is 16.5 Å². The number of hydrogen-bond acceptors (Lipinski definition) is 4. The largest absolute Gasteiger partial charge is 0.476 e. The van der Waals surface area contributed by atoms with Gasteiger partial charge in [-0.3, -0.25) is 0 Å². The van der Waals surface area contributed by atoms with Crippen molar-refractivity contribution >= 4 is 22.4 Å². The summed E-state index contributed by atoms with van der Waals surface area (Å²) >= 11 is 1.36. The van der Waals surface area contributed by atoms with Crippen molar-refractivity contribution < 1.29 is 9.90 Å². The van der Waals surface area contributed by atoms with Gasteiger partial charge < -0.3 is 10.4 Å². The molecule has 1 saturated carbocycles. The second kappa shape index (κ2) is 4.05. The predicted octanol–water partition coefficient (Wildman–Crippen LogP) is 2.69. The number of hydrogen-bond donors (Lipinski definition) is 2. The summed E-state index contributed by atoms with van der Waals surface area (Å²) in [5.41, 5.74) is 0.539. The molecule has 1 aromatic heterocycles. The van der Waals surface area contributed by atoms with Crippen LogP contribution >= 0.6 is 11.3 Å². The molecule has 0 saturated heterocycles. The van der Waals surface area contributed by atoms with Gasteiger partial charge in [-0.1, -0.05) is 13.8 Å². The van der Waals surface area contributed by atoms with Gasteiger partial charge in [0.05, 0.1) is 0 Å². The van der Waals surface area contributed by atoms with Gasteiger partial charge in [0.15, 0.2) is 10.8 Å². The van der Waals surface area contributed by atoms with E-state index in [1.165, 1.54) is 24.2 Å². The lowest BCUT2D eigenvalue weighted by Gasteiger charge is -2.19. The van der Waals surface area contributed by atoms with Crippen LogP contribution in [0.25, 0.3) is 0 Å². The van der Waals surface area contributed by atoms with E-state index in [0.717, 1.165) is 6.54 Å². The van der Waals surface area contributed by atoms with Crippen molar-refractivity contribution in [2.45, 2.75) is 26.7 Å². The molecule has 0 aliphatic heterocycles. The van der Waals surface area contributed by atoms with Gasteiger partial charge in [0, 0.05) is 11.9 Å². The summed E-state index contributed by atoms with van der Waals surface area (Å²) in [5, 5.41) is 14.3. The molecule has 0 bridgehead atoms. The molecular formula is C11H16N2O2S. The first-order valence-corrected chi connectivity index (χ1v) is 6.34. The van der Waals surface area contributed by atoms with E-state index in [9.17, 15) is 4.79 Å². The Labute approximate surface area is 98.7 Å². The minimum atomic E-state index is -0.964. The molecule has 0 radical (unpaired) electrons. The van der Waals surface area contributed by atoms with Crippen LogP contribution in [0.3, 0.4) is 0 Å². The molecule has 1 heterocycles. The molecule has 1 aliphatic rings. The molecule has 0 spiro atoms. The zero-order valence-electron chi connectivity index (χ0n) is 9.49. The van der Waals surface area contributed by atoms with Crippen molar-refractivity contribution in [2.24, 2.45) is 11.3 Å². The van der Waals surface area contributed by atoms with Crippen LogP contribution in [-0.2, 0) is 0 Å². The summed E-state index contributed by atoms with van der Waals surface area (Å²) in [5.74, 6) is -0.298. The Morgan fingerprint density at radius 1 is 1.69 bits per heavy atom. The molecule has 4 nitrogen and oxygen atoms in total. The van der Waals surface area contributed by atoms with E-state index < -0.39 is 5.97 Å². The zero-order valence-corrected chi connectivity index (χ0v) is 10.3. The Morgan fingerprint density at radius 3 is 2.81 bits per heavy atom. The van der Waals surface area contributed by atoms with Crippen LogP contribution in [-0.4, -0.2) is 22.6 Å². The number of carbonyl (C=O) groups is 1. The minimum Gasteiger partial charge on any atom is -0.476 e. The van der Waals surface area contributed by atoms with Gasteiger partial charge in [-0.2, -0.15) is 0 Å². The smallest absolute Gasteiger partial charge is 0.355 e. The Hall–Kier alpha value is -1.10. The summed E-state index contributed by atoms with van der Waals surface area (Å²) < 4.78 is 0. The number of aromatic carboxylic acids is 1. The van der Waals surface area contributed by atoms with Gasteiger partial charge in [0.25, 0.3) is 0 Å². The summed E-state index contributed by atoms with van der Waals surface area (Å²) in [4.78, 5) is 14.7. The molecule has 2 rings (SSSR count). The molecule has 1 aromatic rings. The highest BCUT2D eigenvalue weighted by Crippen LogP contribution is 2.51. The molecule has 5 heteroatoms. The number of carboxylic acids is 1. The van der Waals surface area contributed by atoms with Gasteiger partial charge in [-0.25, -0.2) is 9.78 Å². The minimum absolute atomic E-state index is 0.127. The van der Waals surface area contributed by atoms with E-state index in [1.807, 2.05) is 0 Å². The van der Waals surface area contributed by atoms with Crippen LogP contribution in [0, 0.1) is 11.3 Å². The van der Waals surface area contributed by atoms with Gasteiger partial charge in [-0.15, -0.1) is 11.3 Å². The number of carboxylic acid groups (broad SMARTS) is 1. The lowest BCUT2D eigenvalue weighted by atomic mass is 9.92. The van der Waals surface area contributed by atoms with E-state index in [-0.39, 0.29) is 5.69 Å². The number of nitrogens with one attached hydrogen (secondary N) is 1. The average Bonchev–Trinajstić information content (AvgIpc) is 2.87. The first kappa shape index (κ1) is 11.4. The second-order valence-electron chi connectivity index (χ2n) is 4.71. The van der Waals surface area contributed by atoms with Gasteiger partial charge in [0.2, 0.25) is 0 Å². The van der Waals surface area contributed by atoms with Crippen LogP contribution in [0.1, 0.15) is 37.2 Å². The Morgan fingerprint density at radius 2 is 2.38 bits per heavy atom. The maximum absolute atomic E-state index is 10.7. The third kappa shape index (κ3) is 2.19. The third-order valence-electron chi connectivity index (χ3n) is 3.43. The molecule has 0 aromatic carbocycles. The Bertz CT molecular complexity index is 396. The molecule has 0 atom stereocenters. The third-order valence-corrected chi connectivity index (χ3v) is 4.23. The fourth-order valence-corrected chi connectivity index (χ4v) is 2.51. The average molecular weight is 240 g/mol. The highest BCUT2D eigenvalue weighted by Gasteiger charge is 2.45. The number of rotatable bonds is 5. The first-order chi connectivity index (χ1) is 7.53. The quantitative estimate of drug-likeness (QED) is 0.830. The number of anilines is 1. The Balaban J connectivity index is 1.92. The van der Waals surface area contributed by atoms with Crippen molar-refractivity contribution in [3.63, 3.8) is 0 Å². The van der Waals surface area contributed by atoms with Gasteiger partial charge in [0.1, 0.15) is 0 Å². The normalized spacial score (nSPS) is 17.4. The molecule has 0 amide bonds.